The maximum Gasteiger partial charge on any atom is 0.0430 e. The van der Waals surface area contributed by atoms with Gasteiger partial charge in [0, 0.05) is 12.8 Å². The van der Waals surface area contributed by atoms with E-state index in [0.717, 1.165) is 13.0 Å². The molecule has 2 rings (SSSR count). The molecule has 0 aromatic heterocycles. The van der Waals surface area contributed by atoms with E-state index in [9.17, 15) is 0 Å². The van der Waals surface area contributed by atoms with Gasteiger partial charge in [0.25, 0.3) is 0 Å². The van der Waals surface area contributed by atoms with E-state index in [0.29, 0.717) is 0 Å². The predicted octanol–water partition coefficient (Wildman–Crippen LogP) is 1.97. The summed E-state index contributed by atoms with van der Waals surface area (Å²) in [6.07, 6.45) is 3.10. The molecule has 0 unspecified atom stereocenters. The van der Waals surface area contributed by atoms with Crippen molar-refractivity contribution in [3.05, 3.63) is 34.9 Å². The average Bonchev–Trinajstić information content (AvgIpc) is 2.06. The Bertz CT molecular complexity index is 300. The zero-order valence-electron chi connectivity index (χ0n) is 6.67. The zero-order chi connectivity index (χ0) is 7.68. The molecule has 0 aliphatic carbocycles. The Kier molecular flexibility index (Phi) is 1.50. The zero-order valence-corrected chi connectivity index (χ0v) is 6.67. The minimum absolute atomic E-state index is 0.955. The summed E-state index contributed by atoms with van der Waals surface area (Å²) in [6, 6.07) is 6.44. The first-order valence-electron chi connectivity index (χ1n) is 3.96. The lowest BCUT2D eigenvalue weighted by Gasteiger charge is -2.11. The molecule has 0 spiro atoms. The van der Waals surface area contributed by atoms with Crippen molar-refractivity contribution in [2.75, 3.05) is 6.54 Å². The third-order valence-electron chi connectivity index (χ3n) is 2.15. The molecule has 0 fully saturated rings. The van der Waals surface area contributed by atoms with Gasteiger partial charge in [0.1, 0.15) is 0 Å². The smallest absolute Gasteiger partial charge is 0.0430 e. The predicted molar refractivity (Wildman–Crippen MR) is 47.3 cm³/mol. The van der Waals surface area contributed by atoms with Gasteiger partial charge in [-0.15, -0.1) is 0 Å². The Labute approximate surface area is 66.8 Å². The van der Waals surface area contributed by atoms with Crippen LogP contribution in [0.4, 0.5) is 0 Å². The molecule has 0 saturated carbocycles. The Morgan fingerprint density at radius 2 is 2.27 bits per heavy atom. The average molecular weight is 145 g/mol. The number of hydrogen-bond acceptors (Lipinski definition) is 1. The normalized spacial score (nSPS) is 14.6. The van der Waals surface area contributed by atoms with Gasteiger partial charge in [-0.2, -0.15) is 0 Å². The number of aryl methyl sites for hydroxylation is 1. The van der Waals surface area contributed by atoms with Gasteiger partial charge in [-0.1, -0.05) is 18.2 Å². The second-order valence-corrected chi connectivity index (χ2v) is 2.93. The number of fused-ring (bicyclic) bond motifs is 1. The summed E-state index contributed by atoms with van der Waals surface area (Å²) >= 11 is 0. The number of rotatable bonds is 0. The van der Waals surface area contributed by atoms with Gasteiger partial charge in [-0.25, -0.2) is 0 Å². The summed E-state index contributed by atoms with van der Waals surface area (Å²) in [7, 11) is 0. The summed E-state index contributed by atoms with van der Waals surface area (Å²) in [5.74, 6) is 0. The fraction of sp³-hybridized carbons (Fsp3) is 0.300. The first-order valence-corrected chi connectivity index (χ1v) is 3.96. The molecule has 0 bridgehead atoms. The Morgan fingerprint density at radius 3 is 3.09 bits per heavy atom. The van der Waals surface area contributed by atoms with Crippen LogP contribution >= 0.6 is 0 Å². The van der Waals surface area contributed by atoms with Gasteiger partial charge in [-0.3, -0.25) is 4.99 Å². The third kappa shape index (κ3) is 1.07. The monoisotopic (exact) mass is 145 g/mol. The Balaban J connectivity index is 2.60. The van der Waals surface area contributed by atoms with Crippen molar-refractivity contribution in [3.8, 4) is 0 Å². The van der Waals surface area contributed by atoms with Gasteiger partial charge in [0.15, 0.2) is 0 Å². The van der Waals surface area contributed by atoms with E-state index < -0.39 is 0 Å². The maximum atomic E-state index is 4.25. The van der Waals surface area contributed by atoms with Crippen molar-refractivity contribution in [1.82, 2.24) is 0 Å². The highest BCUT2D eigenvalue weighted by atomic mass is 14.7. The maximum absolute atomic E-state index is 4.25. The van der Waals surface area contributed by atoms with Crippen LogP contribution in [-0.2, 0) is 6.42 Å². The van der Waals surface area contributed by atoms with E-state index in [1.807, 2.05) is 6.21 Å². The van der Waals surface area contributed by atoms with Crippen LogP contribution in [0.15, 0.2) is 23.2 Å². The van der Waals surface area contributed by atoms with Crippen LogP contribution in [0.1, 0.15) is 16.7 Å². The van der Waals surface area contributed by atoms with Gasteiger partial charge in [-0.05, 0) is 30.0 Å². The Hall–Kier alpha value is -1.11. The van der Waals surface area contributed by atoms with Crippen molar-refractivity contribution in [2.45, 2.75) is 13.3 Å². The van der Waals surface area contributed by atoms with Crippen molar-refractivity contribution < 1.29 is 0 Å². The Morgan fingerprint density at radius 1 is 1.36 bits per heavy atom. The lowest BCUT2D eigenvalue weighted by atomic mass is 9.99. The fourth-order valence-electron chi connectivity index (χ4n) is 1.48. The molecule has 1 heteroatoms. The van der Waals surface area contributed by atoms with Crippen LogP contribution in [0.2, 0.25) is 0 Å². The van der Waals surface area contributed by atoms with E-state index in [1.165, 1.54) is 16.7 Å². The molecule has 0 atom stereocenters. The van der Waals surface area contributed by atoms with Crippen LogP contribution in [0.25, 0.3) is 0 Å². The van der Waals surface area contributed by atoms with Gasteiger partial charge >= 0.3 is 0 Å². The van der Waals surface area contributed by atoms with E-state index >= 15 is 0 Å². The van der Waals surface area contributed by atoms with E-state index in [2.05, 4.69) is 30.1 Å². The first kappa shape index (κ1) is 6.59. The van der Waals surface area contributed by atoms with Gasteiger partial charge in [0.2, 0.25) is 0 Å². The van der Waals surface area contributed by atoms with Gasteiger partial charge in [0.05, 0.1) is 0 Å². The topological polar surface area (TPSA) is 12.4 Å². The molecule has 0 N–H and O–H groups in total. The lowest BCUT2D eigenvalue weighted by Crippen LogP contribution is -2.04. The van der Waals surface area contributed by atoms with Crippen LogP contribution in [0.5, 0.6) is 0 Å². The molecule has 0 saturated heterocycles. The second-order valence-electron chi connectivity index (χ2n) is 2.93. The molecule has 11 heavy (non-hydrogen) atoms. The van der Waals surface area contributed by atoms with E-state index in [1.54, 1.807) is 0 Å². The molecule has 56 valence electrons. The van der Waals surface area contributed by atoms with E-state index in [-0.39, 0.29) is 0 Å². The molecule has 0 radical (unpaired) electrons. The molecular weight excluding hydrogens is 134 g/mol. The van der Waals surface area contributed by atoms with Crippen LogP contribution in [-0.4, -0.2) is 12.8 Å². The number of benzene rings is 1. The molecule has 1 heterocycles. The molecule has 1 aromatic carbocycles. The molecule has 1 aliphatic rings. The summed E-state index contributed by atoms with van der Waals surface area (Å²) in [4.78, 5) is 4.25. The highest BCUT2D eigenvalue weighted by molar-refractivity contribution is 5.84. The van der Waals surface area contributed by atoms with Crippen molar-refractivity contribution in [3.63, 3.8) is 0 Å². The first-order chi connectivity index (χ1) is 5.38. The fourth-order valence-corrected chi connectivity index (χ4v) is 1.48. The standard InChI is InChI=1S/C10H11N/c1-8-3-2-4-9-5-6-11-7-10(8)9/h2-4,7H,5-6H2,1H3. The second kappa shape index (κ2) is 2.50. The molecule has 1 nitrogen and oxygen atoms in total. The number of hydrogen-bond donors (Lipinski definition) is 0. The van der Waals surface area contributed by atoms with Crippen LogP contribution < -0.4 is 0 Å². The third-order valence-corrected chi connectivity index (χ3v) is 2.15. The summed E-state index contributed by atoms with van der Waals surface area (Å²) in [5.41, 5.74) is 4.12. The minimum atomic E-state index is 0.955. The number of nitrogens with zero attached hydrogens (tertiary/aromatic N) is 1. The summed E-state index contributed by atoms with van der Waals surface area (Å²) in [5, 5.41) is 0. The van der Waals surface area contributed by atoms with E-state index in [4.69, 9.17) is 0 Å². The van der Waals surface area contributed by atoms with Crippen molar-refractivity contribution >= 4 is 6.21 Å². The highest BCUT2D eigenvalue weighted by Crippen LogP contribution is 2.15. The van der Waals surface area contributed by atoms with Crippen LogP contribution in [0, 0.1) is 6.92 Å². The molecule has 1 aliphatic heterocycles. The van der Waals surface area contributed by atoms with Gasteiger partial charge < -0.3 is 0 Å². The highest BCUT2D eigenvalue weighted by Gasteiger charge is 2.05. The van der Waals surface area contributed by atoms with Crippen LogP contribution in [0.3, 0.4) is 0 Å². The SMILES string of the molecule is Cc1cccc2c1C=NCC2. The summed E-state index contributed by atoms with van der Waals surface area (Å²) < 4.78 is 0. The van der Waals surface area contributed by atoms with Crippen molar-refractivity contribution in [2.24, 2.45) is 4.99 Å². The molecule has 0 amide bonds. The molecular formula is C10H11N. The summed E-state index contributed by atoms with van der Waals surface area (Å²) in [6.45, 7) is 3.09. The lowest BCUT2D eigenvalue weighted by molar-refractivity contribution is 0.949. The molecule has 1 aromatic rings. The minimum Gasteiger partial charge on any atom is -0.292 e. The van der Waals surface area contributed by atoms with Crippen molar-refractivity contribution in [1.29, 1.82) is 0 Å². The number of aliphatic imine (C=N–C) groups is 1. The quantitative estimate of drug-likeness (QED) is 0.529. The largest absolute Gasteiger partial charge is 0.292 e.